The molecule has 27 heavy (non-hydrogen) atoms. The summed E-state index contributed by atoms with van der Waals surface area (Å²) in [6.07, 6.45) is 1.47. The van der Waals surface area contributed by atoms with Gasteiger partial charge < -0.3 is 19.4 Å². The number of benzene rings is 1. The van der Waals surface area contributed by atoms with Gasteiger partial charge in [-0.1, -0.05) is 0 Å². The van der Waals surface area contributed by atoms with Crippen molar-refractivity contribution in [3.05, 3.63) is 51.8 Å². The van der Waals surface area contributed by atoms with E-state index >= 15 is 0 Å². The zero-order valence-electron chi connectivity index (χ0n) is 14.8. The quantitative estimate of drug-likeness (QED) is 0.339. The van der Waals surface area contributed by atoms with Crippen LogP contribution in [0.1, 0.15) is 27.8 Å². The molecule has 1 aromatic heterocycles. The predicted octanol–water partition coefficient (Wildman–Crippen LogP) is 1.94. The molecule has 0 spiro atoms. The number of anilines is 1. The van der Waals surface area contributed by atoms with Crippen molar-refractivity contribution in [1.29, 1.82) is 0 Å². The van der Waals surface area contributed by atoms with Gasteiger partial charge in [0, 0.05) is 18.8 Å². The number of esters is 1. The molecule has 0 atom stereocenters. The van der Waals surface area contributed by atoms with Gasteiger partial charge in [0.1, 0.15) is 17.1 Å². The van der Waals surface area contributed by atoms with Crippen LogP contribution in [0.15, 0.2) is 30.5 Å². The van der Waals surface area contributed by atoms with E-state index in [0.717, 1.165) is 6.07 Å². The first-order valence-corrected chi connectivity index (χ1v) is 7.69. The third kappa shape index (κ3) is 4.69. The Balaban J connectivity index is 2.03. The second-order valence-electron chi connectivity index (χ2n) is 5.55. The second-order valence-corrected chi connectivity index (χ2v) is 5.55. The Kier molecular flexibility index (Phi) is 5.91. The monoisotopic (exact) mass is 375 g/mol. The number of Topliss-reactive ketones (excluding diaryl/α,β-unsaturated/α-hetero) is 1. The number of rotatable bonds is 7. The summed E-state index contributed by atoms with van der Waals surface area (Å²) in [5.74, 6) is -1.51. The summed E-state index contributed by atoms with van der Waals surface area (Å²) < 4.78 is 11.2. The highest BCUT2D eigenvalue weighted by Gasteiger charge is 2.19. The summed E-state index contributed by atoms with van der Waals surface area (Å²) in [7, 11) is 2.92. The maximum Gasteiger partial charge on any atom is 0.355 e. The first kappa shape index (κ1) is 19.6. The summed E-state index contributed by atoms with van der Waals surface area (Å²) >= 11 is 0. The Labute approximate surface area is 153 Å². The van der Waals surface area contributed by atoms with Gasteiger partial charge in [0.05, 0.1) is 18.1 Å². The number of methoxy groups -OCH3 is 1. The molecular weight excluding hydrogens is 358 g/mol. The van der Waals surface area contributed by atoms with Crippen molar-refractivity contribution in [2.24, 2.45) is 7.05 Å². The number of aryl methyl sites for hydroxylation is 1. The van der Waals surface area contributed by atoms with Crippen LogP contribution in [0.4, 0.5) is 11.4 Å². The largest absolute Gasteiger partial charge is 0.496 e. The fraction of sp³-hybridized carbons (Fsp3) is 0.235. The minimum Gasteiger partial charge on any atom is -0.496 e. The molecule has 10 heteroatoms. The number of ether oxygens (including phenoxy) is 2. The van der Waals surface area contributed by atoms with Gasteiger partial charge in [-0.3, -0.25) is 19.7 Å². The van der Waals surface area contributed by atoms with E-state index < -0.39 is 23.4 Å². The molecule has 0 radical (unpaired) electrons. The van der Waals surface area contributed by atoms with Crippen LogP contribution in [-0.2, 0) is 16.6 Å². The Bertz CT molecular complexity index is 917. The van der Waals surface area contributed by atoms with Crippen molar-refractivity contribution in [3.8, 4) is 5.75 Å². The van der Waals surface area contributed by atoms with E-state index in [1.165, 1.54) is 43.0 Å². The smallest absolute Gasteiger partial charge is 0.355 e. The number of hydrogen-bond donors (Lipinski definition) is 1. The number of nitro benzene ring substituents is 1. The number of hydrogen-bond acceptors (Lipinski definition) is 7. The molecule has 0 aliphatic carbocycles. The molecule has 0 saturated carbocycles. The molecule has 0 saturated heterocycles. The van der Waals surface area contributed by atoms with Crippen LogP contribution in [0.3, 0.4) is 0 Å². The lowest BCUT2D eigenvalue weighted by Crippen LogP contribution is -2.22. The number of nitrogens with zero attached hydrogens (tertiary/aromatic N) is 2. The first-order valence-electron chi connectivity index (χ1n) is 7.69. The van der Waals surface area contributed by atoms with Gasteiger partial charge in [-0.05, 0) is 25.1 Å². The molecule has 0 aliphatic heterocycles. The topological polar surface area (TPSA) is 130 Å². The molecule has 0 aliphatic rings. The number of carbonyl (C=O) groups is 3. The second kappa shape index (κ2) is 8.13. The number of nitrogens with one attached hydrogen (secondary N) is 1. The number of ketones is 1. The van der Waals surface area contributed by atoms with Crippen LogP contribution in [0.2, 0.25) is 0 Å². The summed E-state index contributed by atoms with van der Waals surface area (Å²) in [4.78, 5) is 45.8. The normalized spacial score (nSPS) is 10.2. The first-order chi connectivity index (χ1) is 12.7. The zero-order chi connectivity index (χ0) is 20.1. The molecule has 1 amide bonds. The van der Waals surface area contributed by atoms with Gasteiger partial charge in [0.15, 0.2) is 12.4 Å². The minimum absolute atomic E-state index is 0.0559. The summed E-state index contributed by atoms with van der Waals surface area (Å²) in [5.41, 5.74) is 0.0216. The fourth-order valence-electron chi connectivity index (χ4n) is 2.25. The van der Waals surface area contributed by atoms with Crippen LogP contribution in [0, 0.1) is 10.1 Å². The van der Waals surface area contributed by atoms with Gasteiger partial charge in [-0.15, -0.1) is 0 Å². The minimum atomic E-state index is -0.801. The van der Waals surface area contributed by atoms with Crippen LogP contribution in [-0.4, -0.2) is 40.9 Å². The maximum absolute atomic E-state index is 12.1. The highest BCUT2D eigenvalue weighted by atomic mass is 16.6. The lowest BCUT2D eigenvalue weighted by atomic mass is 10.2. The van der Waals surface area contributed by atoms with Crippen molar-refractivity contribution in [3.63, 3.8) is 0 Å². The molecule has 2 rings (SSSR count). The van der Waals surface area contributed by atoms with Crippen LogP contribution in [0.5, 0.6) is 5.75 Å². The summed E-state index contributed by atoms with van der Waals surface area (Å²) in [5, 5.41) is 13.4. The predicted molar refractivity (Wildman–Crippen MR) is 94.0 cm³/mol. The Hall–Kier alpha value is -3.69. The molecular formula is C17H17N3O7. The Morgan fingerprint density at radius 3 is 2.52 bits per heavy atom. The van der Waals surface area contributed by atoms with E-state index in [4.69, 9.17) is 9.47 Å². The number of nitro groups is 1. The lowest BCUT2D eigenvalue weighted by molar-refractivity contribution is -0.384. The van der Waals surface area contributed by atoms with Crippen LogP contribution in [0.25, 0.3) is 0 Å². The molecule has 0 bridgehead atoms. The van der Waals surface area contributed by atoms with Crippen molar-refractivity contribution in [2.75, 3.05) is 19.0 Å². The number of amides is 1. The maximum atomic E-state index is 12.1. The van der Waals surface area contributed by atoms with Crippen molar-refractivity contribution < 1.29 is 28.8 Å². The van der Waals surface area contributed by atoms with Gasteiger partial charge in [-0.2, -0.15) is 0 Å². The highest BCUT2D eigenvalue weighted by Crippen LogP contribution is 2.28. The molecule has 1 N–H and O–H groups in total. The number of carbonyl (C=O) groups excluding carboxylic acids is 3. The average molecular weight is 375 g/mol. The van der Waals surface area contributed by atoms with Gasteiger partial charge in [0.2, 0.25) is 0 Å². The third-order valence-corrected chi connectivity index (χ3v) is 3.63. The molecule has 2 aromatic rings. The lowest BCUT2D eigenvalue weighted by Gasteiger charge is -2.08. The fourth-order valence-corrected chi connectivity index (χ4v) is 2.25. The number of aromatic nitrogens is 1. The van der Waals surface area contributed by atoms with Gasteiger partial charge in [0.25, 0.3) is 11.6 Å². The zero-order valence-corrected chi connectivity index (χ0v) is 14.8. The standard InChI is InChI=1S/C17H17N3O7/c1-10(21)11-6-15(19(2)8-11)17(23)27-9-16(22)18-13-5-4-12(26-3)7-14(13)20(24)25/h4-8H,9H2,1-3H3,(H,18,22). The molecule has 0 fully saturated rings. The van der Waals surface area contributed by atoms with E-state index in [2.05, 4.69) is 5.32 Å². The van der Waals surface area contributed by atoms with Gasteiger partial charge >= 0.3 is 5.97 Å². The highest BCUT2D eigenvalue weighted by molar-refractivity contribution is 5.99. The summed E-state index contributed by atoms with van der Waals surface area (Å²) in [6.45, 7) is 0.711. The van der Waals surface area contributed by atoms with E-state index in [1.54, 1.807) is 7.05 Å². The Morgan fingerprint density at radius 2 is 1.96 bits per heavy atom. The molecule has 1 heterocycles. The van der Waals surface area contributed by atoms with Crippen LogP contribution < -0.4 is 10.1 Å². The van der Waals surface area contributed by atoms with E-state index in [1.807, 2.05) is 0 Å². The molecule has 10 nitrogen and oxygen atoms in total. The van der Waals surface area contributed by atoms with E-state index in [-0.39, 0.29) is 28.6 Å². The van der Waals surface area contributed by atoms with Crippen molar-refractivity contribution in [2.45, 2.75) is 6.92 Å². The van der Waals surface area contributed by atoms with Gasteiger partial charge in [-0.25, -0.2) is 4.79 Å². The Morgan fingerprint density at radius 1 is 1.26 bits per heavy atom. The van der Waals surface area contributed by atoms with Crippen molar-refractivity contribution in [1.82, 2.24) is 4.57 Å². The third-order valence-electron chi connectivity index (χ3n) is 3.63. The molecule has 142 valence electrons. The van der Waals surface area contributed by atoms with Crippen molar-refractivity contribution >= 4 is 29.0 Å². The van der Waals surface area contributed by atoms with Crippen LogP contribution >= 0.6 is 0 Å². The van der Waals surface area contributed by atoms with E-state index in [0.29, 0.717) is 5.56 Å². The summed E-state index contributed by atoms with van der Waals surface area (Å²) in [6, 6.07) is 5.28. The molecule has 1 aromatic carbocycles. The average Bonchev–Trinajstić information content (AvgIpc) is 3.02. The SMILES string of the molecule is COc1ccc(NC(=O)COC(=O)c2cc(C(C)=O)cn2C)c([N+](=O)[O-])c1. The molecule has 0 unspecified atom stereocenters. The van der Waals surface area contributed by atoms with E-state index in [9.17, 15) is 24.5 Å².